The van der Waals surface area contributed by atoms with Gasteiger partial charge in [0, 0.05) is 44.2 Å². The molecule has 0 spiro atoms. The fourth-order valence-corrected chi connectivity index (χ4v) is 4.87. The fourth-order valence-electron chi connectivity index (χ4n) is 4.87. The van der Waals surface area contributed by atoms with E-state index in [1.54, 1.807) is 7.11 Å². The van der Waals surface area contributed by atoms with Gasteiger partial charge in [0.2, 0.25) is 5.91 Å². The van der Waals surface area contributed by atoms with Crippen LogP contribution in [0.2, 0.25) is 0 Å². The van der Waals surface area contributed by atoms with E-state index in [1.165, 1.54) is 31.2 Å². The average molecular weight is 402 g/mol. The highest BCUT2D eigenvalue weighted by Crippen LogP contribution is 2.28. The molecule has 1 heterocycles. The number of carbonyl (C=O) groups excluding carboxylic acids is 1. The number of para-hydroxylation sites is 1. The Morgan fingerprint density at radius 1 is 1.10 bits per heavy atom. The van der Waals surface area contributed by atoms with Crippen molar-refractivity contribution in [2.75, 3.05) is 53.9 Å². The van der Waals surface area contributed by atoms with E-state index in [0.29, 0.717) is 11.8 Å². The van der Waals surface area contributed by atoms with Crippen LogP contribution in [0, 0.1) is 11.8 Å². The third-order valence-corrected chi connectivity index (χ3v) is 6.50. The van der Waals surface area contributed by atoms with E-state index in [2.05, 4.69) is 40.9 Å². The third-order valence-electron chi connectivity index (χ3n) is 6.50. The third kappa shape index (κ3) is 6.45. The van der Waals surface area contributed by atoms with Crippen molar-refractivity contribution in [3.05, 3.63) is 29.8 Å². The Kier molecular flexibility index (Phi) is 8.37. The minimum absolute atomic E-state index is 0.269. The summed E-state index contributed by atoms with van der Waals surface area (Å²) in [4.78, 5) is 20.1. The molecule has 2 fully saturated rings. The largest absolute Gasteiger partial charge is 0.496 e. The monoisotopic (exact) mass is 401 g/mol. The molecule has 0 unspecified atom stereocenters. The molecule has 5 heteroatoms. The zero-order chi connectivity index (χ0) is 20.6. The molecule has 1 aromatic carbocycles. The number of piperidine rings is 1. The predicted molar refractivity (Wildman–Crippen MR) is 118 cm³/mol. The van der Waals surface area contributed by atoms with E-state index in [9.17, 15) is 4.79 Å². The molecule has 0 N–H and O–H groups in total. The maximum Gasteiger partial charge on any atom is 0.225 e. The van der Waals surface area contributed by atoms with Crippen molar-refractivity contribution in [3.8, 4) is 5.75 Å². The Labute approximate surface area is 177 Å². The minimum atomic E-state index is 0.269. The van der Waals surface area contributed by atoms with Crippen molar-refractivity contribution < 1.29 is 9.53 Å². The highest BCUT2D eigenvalue weighted by atomic mass is 16.5. The summed E-state index contributed by atoms with van der Waals surface area (Å²) < 4.78 is 5.54. The van der Waals surface area contributed by atoms with Crippen molar-refractivity contribution in [1.82, 2.24) is 14.7 Å². The molecule has 1 saturated carbocycles. The summed E-state index contributed by atoms with van der Waals surface area (Å²) in [6.07, 6.45) is 7.03. The Hall–Kier alpha value is -1.59. The number of methoxy groups -OCH3 is 1. The van der Waals surface area contributed by atoms with Crippen molar-refractivity contribution in [3.63, 3.8) is 0 Å². The van der Waals surface area contributed by atoms with Gasteiger partial charge < -0.3 is 14.5 Å². The lowest BCUT2D eigenvalue weighted by molar-refractivity contribution is -0.136. The number of amides is 1. The normalized spacial score (nSPS) is 20.9. The molecular formula is C24H39N3O2. The Morgan fingerprint density at radius 3 is 2.59 bits per heavy atom. The van der Waals surface area contributed by atoms with Gasteiger partial charge in [-0.05, 0) is 58.3 Å². The zero-order valence-electron chi connectivity index (χ0n) is 18.6. The van der Waals surface area contributed by atoms with E-state index in [1.807, 2.05) is 12.1 Å². The number of nitrogens with zero attached hydrogens (tertiary/aromatic N) is 3. The van der Waals surface area contributed by atoms with E-state index in [4.69, 9.17) is 4.74 Å². The number of hydrogen-bond acceptors (Lipinski definition) is 4. The van der Waals surface area contributed by atoms with Crippen LogP contribution in [0.25, 0.3) is 0 Å². The molecule has 0 radical (unpaired) electrons. The molecule has 1 atom stereocenters. The average Bonchev–Trinajstić information content (AvgIpc) is 3.26. The van der Waals surface area contributed by atoms with Crippen molar-refractivity contribution in [2.45, 2.75) is 45.1 Å². The van der Waals surface area contributed by atoms with Gasteiger partial charge in [-0.2, -0.15) is 0 Å². The molecule has 0 bridgehead atoms. The van der Waals surface area contributed by atoms with Crippen LogP contribution in [-0.4, -0.2) is 74.5 Å². The molecule has 1 amide bonds. The number of likely N-dealkylation sites (N-methyl/N-ethyl adjacent to an activating group) is 1. The standard InChI is InChI=1S/C24H39N3O2/c1-25(2)15-16-27(24(28)21-10-4-5-11-21)18-20-9-8-14-26(17-20)19-22-12-6-7-13-23(22)29-3/h6-7,12-13,20-21H,4-5,8-11,14-19H2,1-3H3/t20-/m1/s1. The van der Waals surface area contributed by atoms with Gasteiger partial charge in [-0.1, -0.05) is 31.0 Å². The lowest BCUT2D eigenvalue weighted by atomic mass is 9.96. The summed E-state index contributed by atoms with van der Waals surface area (Å²) in [5, 5.41) is 0. The highest BCUT2D eigenvalue weighted by molar-refractivity contribution is 5.79. The zero-order valence-corrected chi connectivity index (χ0v) is 18.6. The Bertz CT molecular complexity index is 643. The summed E-state index contributed by atoms with van der Waals surface area (Å²) in [6, 6.07) is 8.32. The number of rotatable bonds is 9. The summed E-state index contributed by atoms with van der Waals surface area (Å²) in [5.74, 6) is 2.21. The molecule has 1 aliphatic heterocycles. The lowest BCUT2D eigenvalue weighted by Gasteiger charge is -2.37. The van der Waals surface area contributed by atoms with Gasteiger partial charge in [0.1, 0.15) is 5.75 Å². The fraction of sp³-hybridized carbons (Fsp3) is 0.708. The van der Waals surface area contributed by atoms with E-state index < -0.39 is 0 Å². The van der Waals surface area contributed by atoms with Crippen LogP contribution in [0.4, 0.5) is 0 Å². The van der Waals surface area contributed by atoms with Gasteiger partial charge >= 0.3 is 0 Å². The second-order valence-electron chi connectivity index (χ2n) is 9.12. The number of benzene rings is 1. The Morgan fingerprint density at radius 2 is 1.86 bits per heavy atom. The lowest BCUT2D eigenvalue weighted by Crippen LogP contribution is -2.46. The molecule has 1 aliphatic carbocycles. The van der Waals surface area contributed by atoms with Crippen LogP contribution >= 0.6 is 0 Å². The van der Waals surface area contributed by atoms with E-state index in [0.717, 1.165) is 57.9 Å². The number of carbonyl (C=O) groups is 1. The van der Waals surface area contributed by atoms with Crippen LogP contribution < -0.4 is 4.74 Å². The predicted octanol–water partition coefficient (Wildman–Crippen LogP) is 3.49. The van der Waals surface area contributed by atoms with Gasteiger partial charge in [0.25, 0.3) is 0 Å². The SMILES string of the molecule is COc1ccccc1CN1CCC[C@@H](CN(CCN(C)C)C(=O)C2CCCC2)C1. The van der Waals surface area contributed by atoms with Gasteiger partial charge in [0.15, 0.2) is 0 Å². The van der Waals surface area contributed by atoms with Crippen molar-refractivity contribution >= 4 is 5.91 Å². The molecule has 29 heavy (non-hydrogen) atoms. The first-order chi connectivity index (χ1) is 14.1. The molecule has 3 rings (SSSR count). The molecule has 0 aromatic heterocycles. The number of hydrogen-bond donors (Lipinski definition) is 0. The second kappa shape index (κ2) is 11.0. The smallest absolute Gasteiger partial charge is 0.225 e. The van der Waals surface area contributed by atoms with Crippen LogP contribution in [0.3, 0.4) is 0 Å². The molecule has 1 saturated heterocycles. The van der Waals surface area contributed by atoms with E-state index >= 15 is 0 Å². The molecule has 1 aromatic rings. The molecular weight excluding hydrogens is 362 g/mol. The first kappa shape index (κ1) is 22.1. The van der Waals surface area contributed by atoms with Gasteiger partial charge in [0.05, 0.1) is 7.11 Å². The van der Waals surface area contributed by atoms with Crippen LogP contribution in [-0.2, 0) is 11.3 Å². The molecule has 162 valence electrons. The van der Waals surface area contributed by atoms with E-state index in [-0.39, 0.29) is 5.92 Å². The van der Waals surface area contributed by atoms with Gasteiger partial charge in [-0.25, -0.2) is 0 Å². The van der Waals surface area contributed by atoms with Crippen molar-refractivity contribution in [2.24, 2.45) is 11.8 Å². The molecule has 2 aliphatic rings. The van der Waals surface area contributed by atoms with Crippen LogP contribution in [0.1, 0.15) is 44.1 Å². The number of likely N-dealkylation sites (tertiary alicyclic amines) is 1. The maximum absolute atomic E-state index is 13.2. The quantitative estimate of drug-likeness (QED) is 0.635. The summed E-state index contributed by atoms with van der Waals surface area (Å²) >= 11 is 0. The number of ether oxygens (including phenoxy) is 1. The Balaban J connectivity index is 1.60. The maximum atomic E-state index is 13.2. The minimum Gasteiger partial charge on any atom is -0.496 e. The van der Waals surface area contributed by atoms with Gasteiger partial charge in [-0.3, -0.25) is 9.69 Å². The highest BCUT2D eigenvalue weighted by Gasteiger charge is 2.30. The first-order valence-corrected chi connectivity index (χ1v) is 11.3. The van der Waals surface area contributed by atoms with Gasteiger partial charge in [-0.15, -0.1) is 0 Å². The second-order valence-corrected chi connectivity index (χ2v) is 9.12. The summed E-state index contributed by atoms with van der Waals surface area (Å²) in [5.41, 5.74) is 1.25. The topological polar surface area (TPSA) is 36.0 Å². The summed E-state index contributed by atoms with van der Waals surface area (Å²) in [7, 11) is 5.93. The molecule has 5 nitrogen and oxygen atoms in total. The van der Waals surface area contributed by atoms with Crippen molar-refractivity contribution in [1.29, 1.82) is 0 Å². The summed E-state index contributed by atoms with van der Waals surface area (Å²) in [6.45, 7) is 5.82. The van der Waals surface area contributed by atoms with Crippen LogP contribution in [0.15, 0.2) is 24.3 Å². The van der Waals surface area contributed by atoms with Crippen LogP contribution in [0.5, 0.6) is 5.75 Å². The first-order valence-electron chi connectivity index (χ1n) is 11.3.